The number of rotatable bonds is 5. The number of aliphatic hydroxyl groups is 1. The third-order valence-corrected chi connectivity index (χ3v) is 6.70. The highest BCUT2D eigenvalue weighted by Crippen LogP contribution is 2.35. The highest BCUT2D eigenvalue weighted by atomic mass is 35.5. The Balaban J connectivity index is 1.85. The minimum atomic E-state index is -4.62. The van der Waals surface area contributed by atoms with Crippen molar-refractivity contribution in [2.45, 2.75) is 32.7 Å². The minimum absolute atomic E-state index is 0.0613. The fourth-order valence-electron chi connectivity index (χ4n) is 4.47. The van der Waals surface area contributed by atoms with Gasteiger partial charge in [-0.15, -0.1) is 10.2 Å². The van der Waals surface area contributed by atoms with Gasteiger partial charge in [-0.05, 0) is 60.9 Å². The summed E-state index contributed by atoms with van der Waals surface area (Å²) in [4.78, 5) is 18.0. The van der Waals surface area contributed by atoms with Crippen molar-refractivity contribution in [3.05, 3.63) is 104 Å². The molecule has 0 saturated carbocycles. The lowest BCUT2D eigenvalue weighted by molar-refractivity contribution is -0.141. The second kappa shape index (κ2) is 10.2. The summed E-state index contributed by atoms with van der Waals surface area (Å²) < 4.78 is 42.3. The maximum atomic E-state index is 14.3. The van der Waals surface area contributed by atoms with Crippen LogP contribution in [0.5, 0.6) is 0 Å². The third kappa shape index (κ3) is 4.83. The number of pyridine rings is 1. The monoisotopic (exact) mass is 564 g/mol. The van der Waals surface area contributed by atoms with Crippen molar-refractivity contribution >= 4 is 17.2 Å². The highest BCUT2D eigenvalue weighted by Gasteiger charge is 2.33. The maximum Gasteiger partial charge on any atom is 0.433 e. The molecular weight excluding hydrogens is 545 g/mol. The Morgan fingerprint density at radius 1 is 1.00 bits per heavy atom. The molecular formula is C28H20ClF3N6O2. The Morgan fingerprint density at radius 2 is 1.62 bits per heavy atom. The molecule has 0 aliphatic rings. The quantitative estimate of drug-likeness (QED) is 0.299. The van der Waals surface area contributed by atoms with Gasteiger partial charge in [-0.2, -0.15) is 18.4 Å². The van der Waals surface area contributed by atoms with Gasteiger partial charge in [-0.25, -0.2) is 14.2 Å². The molecule has 0 unspecified atom stereocenters. The van der Waals surface area contributed by atoms with E-state index >= 15 is 0 Å². The van der Waals surface area contributed by atoms with Gasteiger partial charge in [-0.3, -0.25) is 4.79 Å². The molecule has 0 aliphatic heterocycles. The van der Waals surface area contributed by atoms with Crippen LogP contribution >= 0.6 is 11.6 Å². The zero-order chi connectivity index (χ0) is 28.8. The lowest BCUT2D eigenvalue weighted by atomic mass is 9.96. The molecule has 5 rings (SSSR count). The van der Waals surface area contributed by atoms with Crippen molar-refractivity contribution in [2.75, 3.05) is 0 Å². The number of alkyl halides is 3. The largest absolute Gasteiger partial charge is 0.433 e. The van der Waals surface area contributed by atoms with E-state index in [0.29, 0.717) is 32.8 Å². The van der Waals surface area contributed by atoms with Crippen molar-refractivity contribution in [3.63, 3.8) is 0 Å². The van der Waals surface area contributed by atoms with Gasteiger partial charge in [0.1, 0.15) is 11.8 Å². The second-order valence-electron chi connectivity index (χ2n) is 9.12. The number of nitriles is 1. The molecule has 8 nitrogen and oxygen atoms in total. The number of hydrogen-bond donors (Lipinski definition) is 1. The number of fused-ring (bicyclic) bond motifs is 1. The van der Waals surface area contributed by atoms with Crippen molar-refractivity contribution in [1.29, 1.82) is 5.26 Å². The first-order valence-corrected chi connectivity index (χ1v) is 12.4. The molecule has 0 saturated heterocycles. The highest BCUT2D eigenvalue weighted by molar-refractivity contribution is 6.30. The van der Waals surface area contributed by atoms with Crippen LogP contribution in [0.2, 0.25) is 5.02 Å². The lowest BCUT2D eigenvalue weighted by Gasteiger charge is -2.19. The van der Waals surface area contributed by atoms with E-state index in [1.165, 1.54) is 29.1 Å². The SMILES string of the molecule is Cc1nc(C(F)(F)F)ccc1Cn1c(=O)c(-c2ccc(C#N)cc2)c(-c2ccc(Cl)cc2)c2nnc([C@@H](C)O)n21. The number of aliphatic hydroxyl groups excluding tert-OH is 1. The molecule has 5 aromatic rings. The minimum Gasteiger partial charge on any atom is -0.385 e. The van der Waals surface area contributed by atoms with Gasteiger partial charge >= 0.3 is 6.18 Å². The Labute approximate surface area is 230 Å². The van der Waals surface area contributed by atoms with E-state index in [1.54, 1.807) is 48.5 Å². The summed E-state index contributed by atoms with van der Waals surface area (Å²) in [6, 6.07) is 17.3. The first-order chi connectivity index (χ1) is 19.0. The summed E-state index contributed by atoms with van der Waals surface area (Å²) in [5, 5.41) is 28.7. The number of aryl methyl sites for hydroxylation is 1. The van der Waals surface area contributed by atoms with Gasteiger partial charge < -0.3 is 5.11 Å². The van der Waals surface area contributed by atoms with Crippen LogP contribution in [0.25, 0.3) is 27.9 Å². The number of aromatic nitrogens is 5. The van der Waals surface area contributed by atoms with Crippen molar-refractivity contribution in [3.8, 4) is 28.3 Å². The zero-order valence-corrected chi connectivity index (χ0v) is 21.9. The Morgan fingerprint density at radius 3 is 2.20 bits per heavy atom. The molecule has 0 fully saturated rings. The Hall–Kier alpha value is -4.53. The first kappa shape index (κ1) is 27.1. The fourth-order valence-corrected chi connectivity index (χ4v) is 4.60. The topological polar surface area (TPSA) is 109 Å². The van der Waals surface area contributed by atoms with Gasteiger partial charge in [-0.1, -0.05) is 41.9 Å². The molecule has 0 bridgehead atoms. The summed E-state index contributed by atoms with van der Waals surface area (Å²) >= 11 is 6.12. The summed E-state index contributed by atoms with van der Waals surface area (Å²) in [7, 11) is 0. The normalized spacial score (nSPS) is 12.4. The van der Waals surface area contributed by atoms with Gasteiger partial charge in [0.05, 0.1) is 23.7 Å². The molecule has 202 valence electrons. The maximum absolute atomic E-state index is 14.3. The third-order valence-electron chi connectivity index (χ3n) is 6.44. The standard InChI is InChI=1S/C28H20ClF3N6O2/c1-15-20(9-12-22(34-15)28(30,31)32)14-37-27(40)24(19-5-3-17(13-33)4-6-19)23(18-7-10-21(29)11-8-18)26-36-35-25(16(2)39)38(26)37/h3-12,16,39H,14H2,1-2H3/t16-/m1/s1. The van der Waals surface area contributed by atoms with Crippen LogP contribution in [0.4, 0.5) is 13.2 Å². The summed E-state index contributed by atoms with van der Waals surface area (Å²) in [6.45, 7) is 2.71. The van der Waals surface area contributed by atoms with E-state index in [0.717, 1.165) is 6.07 Å². The summed E-state index contributed by atoms with van der Waals surface area (Å²) in [6.07, 6.45) is -5.75. The van der Waals surface area contributed by atoms with Crippen LogP contribution in [0.15, 0.2) is 65.5 Å². The Kier molecular flexibility index (Phi) is 6.91. The number of benzene rings is 2. The molecule has 1 atom stereocenters. The van der Waals surface area contributed by atoms with E-state index in [9.17, 15) is 28.3 Å². The number of nitrogens with zero attached hydrogens (tertiary/aromatic N) is 6. The van der Waals surface area contributed by atoms with Crippen LogP contribution < -0.4 is 5.56 Å². The average Bonchev–Trinajstić information content (AvgIpc) is 3.36. The molecule has 0 spiro atoms. The van der Waals surface area contributed by atoms with Crippen LogP contribution in [0.1, 0.15) is 41.4 Å². The number of hydrogen-bond acceptors (Lipinski definition) is 6. The van der Waals surface area contributed by atoms with E-state index < -0.39 is 23.5 Å². The molecule has 0 amide bonds. The van der Waals surface area contributed by atoms with Crippen LogP contribution in [0.3, 0.4) is 0 Å². The number of halogens is 4. The van der Waals surface area contributed by atoms with E-state index in [4.69, 9.17) is 11.6 Å². The van der Waals surface area contributed by atoms with Crippen LogP contribution in [0, 0.1) is 18.3 Å². The lowest BCUT2D eigenvalue weighted by Crippen LogP contribution is -2.31. The Bertz CT molecular complexity index is 1840. The van der Waals surface area contributed by atoms with Gasteiger partial charge in [0.2, 0.25) is 0 Å². The van der Waals surface area contributed by atoms with E-state index in [2.05, 4.69) is 15.2 Å². The van der Waals surface area contributed by atoms with Crippen molar-refractivity contribution in [1.82, 2.24) is 24.4 Å². The molecule has 12 heteroatoms. The van der Waals surface area contributed by atoms with E-state index in [-0.39, 0.29) is 29.3 Å². The molecule has 3 heterocycles. The molecule has 2 aromatic carbocycles. The van der Waals surface area contributed by atoms with E-state index in [1.807, 2.05) is 6.07 Å². The summed E-state index contributed by atoms with van der Waals surface area (Å²) in [5.74, 6) is 0.0613. The smallest absolute Gasteiger partial charge is 0.385 e. The predicted molar refractivity (Wildman–Crippen MR) is 142 cm³/mol. The van der Waals surface area contributed by atoms with Gasteiger partial charge in [0.25, 0.3) is 5.56 Å². The second-order valence-corrected chi connectivity index (χ2v) is 9.55. The molecule has 0 radical (unpaired) electrons. The molecule has 40 heavy (non-hydrogen) atoms. The molecule has 1 N–H and O–H groups in total. The van der Waals surface area contributed by atoms with Crippen LogP contribution in [-0.2, 0) is 12.7 Å². The van der Waals surface area contributed by atoms with Gasteiger partial charge in [0, 0.05) is 16.3 Å². The fraction of sp³-hybridized carbons (Fsp3) is 0.179. The average molecular weight is 565 g/mol. The first-order valence-electron chi connectivity index (χ1n) is 12.0. The zero-order valence-electron chi connectivity index (χ0n) is 21.1. The van der Waals surface area contributed by atoms with Crippen molar-refractivity contribution < 1.29 is 18.3 Å². The van der Waals surface area contributed by atoms with Crippen molar-refractivity contribution in [2.24, 2.45) is 0 Å². The molecule has 3 aromatic heterocycles. The molecule has 0 aliphatic carbocycles. The predicted octanol–water partition coefficient (Wildman–Crippen LogP) is 5.57. The summed E-state index contributed by atoms with van der Waals surface area (Å²) in [5.41, 5.74) is 1.20. The van der Waals surface area contributed by atoms with Crippen LogP contribution in [-0.4, -0.2) is 29.5 Å². The van der Waals surface area contributed by atoms with Gasteiger partial charge in [0.15, 0.2) is 11.5 Å².